The molecule has 0 aliphatic carbocycles. The lowest BCUT2D eigenvalue weighted by Crippen LogP contribution is -2.49. The van der Waals surface area contributed by atoms with Crippen molar-refractivity contribution < 1.29 is 19.4 Å². The molecule has 1 aromatic carbocycles. The topological polar surface area (TPSA) is 133 Å². The summed E-state index contributed by atoms with van der Waals surface area (Å²) < 4.78 is 5.67. The number of carbonyl (C=O) groups is 2. The highest BCUT2D eigenvalue weighted by atomic mass is 35.5. The molecule has 244 valence electrons. The van der Waals surface area contributed by atoms with E-state index in [4.69, 9.17) is 21.3 Å². The summed E-state index contributed by atoms with van der Waals surface area (Å²) in [6, 6.07) is 15.1. The largest absolute Gasteiger partial charge is 0.481 e. The summed E-state index contributed by atoms with van der Waals surface area (Å²) in [5.74, 6) is 0.284. The highest BCUT2D eigenvalue weighted by Gasteiger charge is 2.25. The number of likely N-dealkylation sites (N-methyl/N-ethyl adjacent to an activating group) is 1. The van der Waals surface area contributed by atoms with Gasteiger partial charge in [-0.05, 0) is 55.8 Å². The zero-order valence-corrected chi connectivity index (χ0v) is 27.4. The Labute approximate surface area is 279 Å². The number of amides is 2. The number of rotatable bonds is 11. The van der Waals surface area contributed by atoms with Gasteiger partial charge in [0.25, 0.3) is 5.91 Å². The van der Waals surface area contributed by atoms with Crippen LogP contribution in [0.5, 0.6) is 5.88 Å². The molecule has 3 aromatic heterocycles. The third-order valence-corrected chi connectivity index (χ3v) is 8.98. The Kier molecular flexibility index (Phi) is 9.79. The predicted octanol–water partition coefficient (Wildman–Crippen LogP) is 4.32. The molecule has 2 amide bonds. The summed E-state index contributed by atoms with van der Waals surface area (Å²) in [6.45, 7) is 5.25. The SMILES string of the molecule is COc1nc(-c2ccnc(-c3cccc(NC(=O)c4ccc(CN5CC(O)C5)cn4)c3C)c2Cl)ccc1CN(C)C[C@H]1CCC(=O)N1. The van der Waals surface area contributed by atoms with Gasteiger partial charge in [0, 0.05) is 80.0 Å². The fourth-order valence-corrected chi connectivity index (χ4v) is 6.40. The minimum atomic E-state index is -0.320. The van der Waals surface area contributed by atoms with E-state index in [1.807, 2.05) is 56.4 Å². The summed E-state index contributed by atoms with van der Waals surface area (Å²) in [6.07, 6.45) is 4.54. The lowest BCUT2D eigenvalue weighted by Gasteiger charge is -2.35. The van der Waals surface area contributed by atoms with Crippen LogP contribution in [-0.4, -0.2) is 87.6 Å². The summed E-state index contributed by atoms with van der Waals surface area (Å²) in [7, 11) is 3.61. The van der Waals surface area contributed by atoms with Gasteiger partial charge in [0.05, 0.1) is 29.6 Å². The number of aromatic nitrogens is 3. The maximum atomic E-state index is 13.1. The number of nitrogens with zero attached hydrogens (tertiary/aromatic N) is 5. The van der Waals surface area contributed by atoms with Gasteiger partial charge in [-0.15, -0.1) is 0 Å². The number of ether oxygens (including phenoxy) is 1. The average molecular weight is 656 g/mol. The fraction of sp³-hybridized carbons (Fsp3) is 0.343. The molecule has 1 atom stereocenters. The van der Waals surface area contributed by atoms with E-state index in [2.05, 4.69) is 30.4 Å². The minimum Gasteiger partial charge on any atom is -0.481 e. The number of nitrogens with one attached hydrogen (secondary N) is 2. The number of methoxy groups -OCH3 is 1. The summed E-state index contributed by atoms with van der Waals surface area (Å²) >= 11 is 7.00. The number of likely N-dealkylation sites (tertiary alicyclic amines) is 1. The Hall–Kier alpha value is -4.42. The molecule has 0 spiro atoms. The Morgan fingerprint density at radius 2 is 1.98 bits per heavy atom. The molecular weight excluding hydrogens is 618 g/mol. The molecule has 2 fully saturated rings. The van der Waals surface area contributed by atoms with Crippen molar-refractivity contribution in [1.29, 1.82) is 0 Å². The van der Waals surface area contributed by atoms with Gasteiger partial charge in [-0.2, -0.15) is 0 Å². The smallest absolute Gasteiger partial charge is 0.274 e. The van der Waals surface area contributed by atoms with E-state index in [1.165, 1.54) is 0 Å². The number of halogens is 1. The van der Waals surface area contributed by atoms with Crippen LogP contribution in [0.3, 0.4) is 0 Å². The molecule has 0 bridgehead atoms. The summed E-state index contributed by atoms with van der Waals surface area (Å²) in [4.78, 5) is 42.7. The molecule has 0 saturated carbocycles. The number of anilines is 1. The van der Waals surface area contributed by atoms with E-state index in [0.717, 1.165) is 35.2 Å². The van der Waals surface area contributed by atoms with Crippen molar-refractivity contribution in [1.82, 2.24) is 30.1 Å². The van der Waals surface area contributed by atoms with Crippen LogP contribution in [0.4, 0.5) is 5.69 Å². The van der Waals surface area contributed by atoms with Crippen LogP contribution in [0.1, 0.15) is 40.0 Å². The van der Waals surface area contributed by atoms with E-state index < -0.39 is 0 Å². The van der Waals surface area contributed by atoms with Crippen molar-refractivity contribution >= 4 is 29.1 Å². The maximum absolute atomic E-state index is 13.1. The second kappa shape index (κ2) is 14.1. The molecule has 6 rings (SSSR count). The highest BCUT2D eigenvalue weighted by Crippen LogP contribution is 2.38. The Balaban J connectivity index is 1.17. The lowest BCUT2D eigenvalue weighted by atomic mass is 10.0. The minimum absolute atomic E-state index is 0.104. The van der Waals surface area contributed by atoms with Gasteiger partial charge in [-0.25, -0.2) is 4.98 Å². The first-order chi connectivity index (χ1) is 22.7. The van der Waals surface area contributed by atoms with Crippen LogP contribution >= 0.6 is 11.6 Å². The van der Waals surface area contributed by atoms with Gasteiger partial charge in [-0.1, -0.05) is 35.9 Å². The zero-order valence-electron chi connectivity index (χ0n) is 26.7. The van der Waals surface area contributed by atoms with E-state index in [9.17, 15) is 14.7 Å². The maximum Gasteiger partial charge on any atom is 0.274 e. The number of pyridine rings is 3. The molecule has 0 radical (unpaired) electrons. The lowest BCUT2D eigenvalue weighted by molar-refractivity contribution is -0.119. The van der Waals surface area contributed by atoms with Gasteiger partial charge >= 0.3 is 0 Å². The van der Waals surface area contributed by atoms with E-state index in [0.29, 0.717) is 71.8 Å². The van der Waals surface area contributed by atoms with Crippen LogP contribution < -0.4 is 15.4 Å². The molecule has 4 aromatic rings. The normalized spacial score (nSPS) is 16.6. The first kappa shape index (κ1) is 32.5. The number of hydrogen-bond donors (Lipinski definition) is 3. The molecule has 47 heavy (non-hydrogen) atoms. The third kappa shape index (κ3) is 7.44. The Morgan fingerprint density at radius 3 is 2.68 bits per heavy atom. The second-order valence-corrected chi connectivity index (χ2v) is 12.6. The third-order valence-electron chi connectivity index (χ3n) is 8.59. The van der Waals surface area contributed by atoms with Gasteiger partial charge in [-0.3, -0.25) is 29.4 Å². The number of β-amino-alcohol motifs (C(OH)–C–C–N with tert-alkyl or cyclic N) is 1. The second-order valence-electron chi connectivity index (χ2n) is 12.2. The number of benzene rings is 1. The van der Waals surface area contributed by atoms with Crippen LogP contribution in [-0.2, 0) is 17.9 Å². The fourth-order valence-electron chi connectivity index (χ4n) is 6.09. The first-order valence-corrected chi connectivity index (χ1v) is 16.0. The molecule has 0 unspecified atom stereocenters. The average Bonchev–Trinajstić information content (AvgIpc) is 3.46. The molecular formula is C35H38ClN7O4. The van der Waals surface area contributed by atoms with E-state index in [1.54, 1.807) is 25.6 Å². The Bertz CT molecular complexity index is 1780. The van der Waals surface area contributed by atoms with Crippen LogP contribution in [0.25, 0.3) is 22.5 Å². The molecule has 2 aliphatic rings. The molecule has 2 aliphatic heterocycles. The van der Waals surface area contributed by atoms with Crippen molar-refractivity contribution in [3.05, 3.63) is 88.3 Å². The van der Waals surface area contributed by atoms with Gasteiger partial charge in [0.15, 0.2) is 0 Å². The van der Waals surface area contributed by atoms with Gasteiger partial charge in [0.1, 0.15) is 5.69 Å². The first-order valence-electron chi connectivity index (χ1n) is 15.6. The van der Waals surface area contributed by atoms with Gasteiger partial charge in [0.2, 0.25) is 11.8 Å². The number of aliphatic hydroxyl groups excluding tert-OH is 1. The van der Waals surface area contributed by atoms with Crippen molar-refractivity contribution in [2.45, 2.75) is 45.0 Å². The predicted molar refractivity (Wildman–Crippen MR) is 180 cm³/mol. The molecule has 2 saturated heterocycles. The molecule has 3 N–H and O–H groups in total. The molecule has 12 heteroatoms. The van der Waals surface area contributed by atoms with Crippen molar-refractivity contribution in [3.63, 3.8) is 0 Å². The molecule has 11 nitrogen and oxygen atoms in total. The summed E-state index contributed by atoms with van der Waals surface area (Å²) in [5.41, 5.74) is 6.34. The zero-order chi connectivity index (χ0) is 33.1. The Morgan fingerprint density at radius 1 is 1.15 bits per heavy atom. The van der Waals surface area contributed by atoms with Crippen molar-refractivity contribution in [2.75, 3.05) is 39.1 Å². The van der Waals surface area contributed by atoms with E-state index >= 15 is 0 Å². The quantitative estimate of drug-likeness (QED) is 0.216. The number of aliphatic hydroxyl groups is 1. The monoisotopic (exact) mass is 655 g/mol. The van der Waals surface area contributed by atoms with Crippen LogP contribution in [0, 0.1) is 6.92 Å². The number of hydrogen-bond acceptors (Lipinski definition) is 9. The van der Waals surface area contributed by atoms with Crippen LogP contribution in [0.15, 0.2) is 60.9 Å². The molecule has 5 heterocycles. The number of carbonyl (C=O) groups excluding carboxylic acids is 2. The van der Waals surface area contributed by atoms with Crippen molar-refractivity contribution in [3.8, 4) is 28.4 Å². The van der Waals surface area contributed by atoms with E-state index in [-0.39, 0.29) is 24.0 Å². The van der Waals surface area contributed by atoms with Gasteiger partial charge < -0.3 is 20.5 Å². The van der Waals surface area contributed by atoms with Crippen molar-refractivity contribution in [2.24, 2.45) is 0 Å². The summed E-state index contributed by atoms with van der Waals surface area (Å²) in [5, 5.41) is 15.9. The highest BCUT2D eigenvalue weighted by molar-refractivity contribution is 6.35. The standard InChI is InChI=1S/C35H38ClN7O4/c1-21-26(5-4-6-28(21)40-34(46)30-10-7-22(15-38-30)16-43-19-25(44)20-43)33-32(36)27(13-14-37-33)29-11-8-23(35(41-29)47-3)17-42(2)18-24-9-12-31(45)39-24/h4-8,10-11,13-15,24-25,44H,9,12,16-20H2,1-3H3,(H,39,45)(H,40,46)/t24-/m1/s1. The van der Waals surface area contributed by atoms with Crippen LogP contribution in [0.2, 0.25) is 5.02 Å².